The molecule has 2 aromatic carbocycles. The number of Topliss-reactive ketones (excluding diaryl/α,β-unsaturated/α-hetero) is 1. The van der Waals surface area contributed by atoms with E-state index in [-0.39, 0.29) is 12.3 Å². The highest BCUT2D eigenvalue weighted by molar-refractivity contribution is 5.82. The highest BCUT2D eigenvalue weighted by Gasteiger charge is 2.28. The zero-order valence-electron chi connectivity index (χ0n) is 20.5. The molecular weight excluding hydrogens is 416 g/mol. The molecule has 174 valence electrons. The maximum atomic E-state index is 12.8. The zero-order valence-corrected chi connectivity index (χ0v) is 20.5. The number of hydrogen-bond acceptors (Lipinski definition) is 5. The van der Waals surface area contributed by atoms with Gasteiger partial charge in [0.25, 0.3) is 0 Å². The maximum absolute atomic E-state index is 12.8. The Morgan fingerprint density at radius 1 is 1.06 bits per heavy atom. The Bertz CT molecular complexity index is 1140. The first-order chi connectivity index (χ1) is 15.6. The average Bonchev–Trinajstić information content (AvgIpc) is 3.19. The molecule has 0 atom stereocenters. The Balaban J connectivity index is 2.04. The van der Waals surface area contributed by atoms with E-state index in [1.165, 1.54) is 0 Å². The van der Waals surface area contributed by atoms with E-state index in [4.69, 9.17) is 9.47 Å². The minimum absolute atomic E-state index is 0.134. The summed E-state index contributed by atoms with van der Waals surface area (Å²) < 4.78 is 14.6. The summed E-state index contributed by atoms with van der Waals surface area (Å²) in [6.07, 6.45) is 5.54. The Kier molecular flexibility index (Phi) is 7.21. The van der Waals surface area contributed by atoms with E-state index in [0.717, 1.165) is 22.6 Å². The molecule has 33 heavy (non-hydrogen) atoms. The molecule has 1 heterocycles. The van der Waals surface area contributed by atoms with Gasteiger partial charge in [0.2, 0.25) is 0 Å². The molecule has 3 aromatic rings. The normalized spacial score (nSPS) is 11.6. The van der Waals surface area contributed by atoms with Crippen molar-refractivity contribution in [3.05, 3.63) is 60.4 Å². The lowest BCUT2D eigenvalue weighted by Crippen LogP contribution is -2.42. The number of rotatable bonds is 8. The number of imidazole rings is 1. The molecule has 3 rings (SSSR count). The smallest absolute Gasteiger partial charge is 0.314 e. The van der Waals surface area contributed by atoms with Gasteiger partial charge in [0, 0.05) is 25.2 Å². The first-order valence-electron chi connectivity index (χ1n) is 10.8. The van der Waals surface area contributed by atoms with Crippen LogP contribution in [0.4, 0.5) is 5.69 Å². The Hall–Kier alpha value is -3.61. The van der Waals surface area contributed by atoms with Crippen LogP contribution in [0.15, 0.2) is 60.0 Å². The number of methoxy groups -OCH3 is 2. The number of anilines is 1. The lowest BCUT2D eigenvalue weighted by atomic mass is 9.91. The van der Waals surface area contributed by atoms with E-state index >= 15 is 0 Å². The van der Waals surface area contributed by atoms with Crippen molar-refractivity contribution in [3.8, 4) is 22.9 Å². The second kappa shape index (κ2) is 9.90. The van der Waals surface area contributed by atoms with Crippen molar-refractivity contribution >= 4 is 17.7 Å². The number of nitrogens with zero attached hydrogens (tertiary/aromatic N) is 4. The zero-order chi connectivity index (χ0) is 24.2. The first-order valence-corrected chi connectivity index (χ1v) is 10.8. The van der Waals surface area contributed by atoms with E-state index in [1.807, 2.05) is 82.2 Å². The van der Waals surface area contributed by atoms with E-state index in [0.29, 0.717) is 11.5 Å². The molecule has 0 aliphatic heterocycles. The predicted octanol–water partition coefficient (Wildman–Crippen LogP) is 4.02. The van der Waals surface area contributed by atoms with Crippen molar-refractivity contribution in [1.29, 1.82) is 0 Å². The van der Waals surface area contributed by atoms with Gasteiger partial charge in [-0.1, -0.05) is 38.0 Å². The number of hydrogen-bond donors (Lipinski definition) is 0. The molecule has 0 amide bonds. The number of ketones is 1. The van der Waals surface area contributed by atoms with Gasteiger partial charge in [0.1, 0.15) is 12.7 Å². The van der Waals surface area contributed by atoms with Crippen LogP contribution in [0, 0.1) is 5.41 Å². The monoisotopic (exact) mass is 449 g/mol. The summed E-state index contributed by atoms with van der Waals surface area (Å²) in [7, 11) is 7.23. The van der Waals surface area contributed by atoms with Crippen LogP contribution in [0.2, 0.25) is 0 Å². The predicted molar refractivity (Wildman–Crippen MR) is 131 cm³/mol. The summed E-state index contributed by atoms with van der Waals surface area (Å²) in [6.45, 7) is 6.03. The van der Waals surface area contributed by atoms with Crippen LogP contribution in [0.3, 0.4) is 0 Å². The number of aromatic nitrogens is 2. The fourth-order valence-corrected chi connectivity index (χ4v) is 3.29. The number of ether oxygens (including phenoxy) is 2. The minimum Gasteiger partial charge on any atom is -0.493 e. The molecule has 1 aromatic heterocycles. The fraction of sp³-hybridized carbons (Fsp3) is 0.346. The molecule has 0 saturated heterocycles. The molecule has 0 unspecified atom stereocenters. The fourth-order valence-electron chi connectivity index (χ4n) is 3.29. The lowest BCUT2D eigenvalue weighted by molar-refractivity contribution is -0.673. The molecule has 0 bridgehead atoms. The molecule has 0 radical (unpaired) electrons. The van der Waals surface area contributed by atoms with Crippen molar-refractivity contribution in [1.82, 2.24) is 4.68 Å². The highest BCUT2D eigenvalue weighted by Crippen LogP contribution is 2.31. The molecule has 7 nitrogen and oxygen atoms in total. The van der Waals surface area contributed by atoms with Gasteiger partial charge < -0.3 is 14.4 Å². The second-order valence-electron chi connectivity index (χ2n) is 9.07. The van der Waals surface area contributed by atoms with Gasteiger partial charge in [-0.15, -0.1) is 4.68 Å². The van der Waals surface area contributed by atoms with Crippen LogP contribution in [0.5, 0.6) is 11.5 Å². The van der Waals surface area contributed by atoms with Crippen molar-refractivity contribution < 1.29 is 18.8 Å². The topological polar surface area (TPSA) is 59.9 Å². The average molecular weight is 450 g/mol. The van der Waals surface area contributed by atoms with E-state index < -0.39 is 5.41 Å². The standard InChI is InChI=1S/C26H33N4O3/c1-26(2,3)24(31)18-29-14-15-30(27-17-19-8-11-21(12-9-19)28(4)5)25(29)20-10-13-22(32-6)23(16-20)33-7/h8-17H,18H2,1-7H3/q+1. The van der Waals surface area contributed by atoms with Crippen LogP contribution in [0.25, 0.3) is 11.4 Å². The van der Waals surface area contributed by atoms with Crippen molar-refractivity contribution in [3.63, 3.8) is 0 Å². The molecular formula is C26H33N4O3+. The van der Waals surface area contributed by atoms with Gasteiger partial charge in [-0.3, -0.25) is 4.79 Å². The van der Waals surface area contributed by atoms with Gasteiger partial charge >= 0.3 is 5.82 Å². The summed E-state index contributed by atoms with van der Waals surface area (Å²) in [5, 5.41) is 4.69. The van der Waals surface area contributed by atoms with Crippen LogP contribution in [0.1, 0.15) is 26.3 Å². The van der Waals surface area contributed by atoms with Crippen molar-refractivity contribution in [2.75, 3.05) is 33.2 Å². The van der Waals surface area contributed by atoms with Gasteiger partial charge in [0.05, 0.1) is 26.0 Å². The van der Waals surface area contributed by atoms with Crippen LogP contribution >= 0.6 is 0 Å². The van der Waals surface area contributed by atoms with Gasteiger partial charge in [0.15, 0.2) is 23.5 Å². The van der Waals surface area contributed by atoms with Crippen molar-refractivity contribution in [2.45, 2.75) is 27.3 Å². The molecule has 0 saturated carbocycles. The minimum atomic E-state index is -0.443. The van der Waals surface area contributed by atoms with Crippen molar-refractivity contribution in [2.24, 2.45) is 10.5 Å². The molecule has 0 aliphatic rings. The molecule has 7 heteroatoms. The largest absolute Gasteiger partial charge is 0.493 e. The van der Waals surface area contributed by atoms with Gasteiger partial charge in [-0.2, -0.15) is 0 Å². The lowest BCUT2D eigenvalue weighted by Gasteiger charge is -2.15. The summed E-state index contributed by atoms with van der Waals surface area (Å²) >= 11 is 0. The van der Waals surface area contributed by atoms with E-state index in [2.05, 4.69) is 22.1 Å². The summed E-state index contributed by atoms with van der Waals surface area (Å²) in [5.41, 5.74) is 2.52. The van der Waals surface area contributed by atoms with E-state index in [9.17, 15) is 4.79 Å². The third kappa shape index (κ3) is 5.61. The van der Waals surface area contributed by atoms with E-state index in [1.54, 1.807) is 25.1 Å². The molecule has 0 aliphatic carbocycles. The number of carbonyl (C=O) groups is 1. The number of benzene rings is 2. The van der Waals surface area contributed by atoms with Crippen LogP contribution < -0.4 is 18.9 Å². The second-order valence-corrected chi connectivity index (χ2v) is 9.07. The Morgan fingerprint density at radius 3 is 2.30 bits per heavy atom. The molecule has 0 fully saturated rings. The third-order valence-corrected chi connectivity index (χ3v) is 5.41. The van der Waals surface area contributed by atoms with Crippen LogP contribution in [-0.4, -0.2) is 45.0 Å². The van der Waals surface area contributed by atoms with Crippen LogP contribution in [-0.2, 0) is 11.3 Å². The van der Waals surface area contributed by atoms with Gasteiger partial charge in [-0.25, -0.2) is 4.57 Å². The quantitative estimate of drug-likeness (QED) is 0.385. The Labute approximate surface area is 195 Å². The van der Waals surface area contributed by atoms with Gasteiger partial charge in [-0.05, 0) is 35.9 Å². The molecule has 0 spiro atoms. The first kappa shape index (κ1) is 24.0. The molecule has 0 N–H and O–H groups in total. The maximum Gasteiger partial charge on any atom is 0.314 e. The number of carbonyl (C=O) groups excluding carboxylic acids is 1. The Morgan fingerprint density at radius 2 is 1.73 bits per heavy atom. The summed E-state index contributed by atoms with van der Waals surface area (Å²) in [4.78, 5) is 14.9. The third-order valence-electron chi connectivity index (χ3n) is 5.41. The SMILES string of the molecule is COc1ccc(-c2n(N=Cc3ccc(N(C)C)cc3)cc[n+]2CC(=O)C(C)(C)C)cc1OC. The summed E-state index contributed by atoms with van der Waals surface area (Å²) in [6, 6.07) is 13.8. The summed E-state index contributed by atoms with van der Waals surface area (Å²) in [5.74, 6) is 2.16. The highest BCUT2D eigenvalue weighted by atomic mass is 16.5.